The lowest BCUT2D eigenvalue weighted by molar-refractivity contribution is -0.142. The zero-order valence-electron chi connectivity index (χ0n) is 15.0. The second kappa shape index (κ2) is 9.48. The number of ether oxygens (including phenoxy) is 1. The average Bonchev–Trinajstić information content (AvgIpc) is 3.17. The van der Waals surface area contributed by atoms with Gasteiger partial charge in [0, 0.05) is 28.7 Å². The fraction of sp³-hybridized carbons (Fsp3) is 0.611. The molecule has 0 saturated carbocycles. The SMILES string of the molecule is CC(=O)c1c(C)[nH]c(C(=O)COC(=O)CCCC[C@H]2CCSS2)c1C. The summed E-state index contributed by atoms with van der Waals surface area (Å²) >= 11 is 0. The number of Topliss-reactive ketones (excluding diaryl/α,β-unsaturated/α-hetero) is 2. The Labute approximate surface area is 156 Å². The molecule has 1 saturated heterocycles. The minimum Gasteiger partial charge on any atom is -0.457 e. The molecule has 0 aliphatic carbocycles. The van der Waals surface area contributed by atoms with E-state index in [0.717, 1.165) is 24.5 Å². The van der Waals surface area contributed by atoms with Crippen LogP contribution in [0.3, 0.4) is 0 Å². The van der Waals surface area contributed by atoms with Gasteiger partial charge in [-0.3, -0.25) is 14.4 Å². The number of rotatable bonds is 9. The molecule has 1 aliphatic heterocycles. The van der Waals surface area contributed by atoms with E-state index in [9.17, 15) is 14.4 Å². The summed E-state index contributed by atoms with van der Waals surface area (Å²) < 4.78 is 5.09. The molecule has 0 aromatic carbocycles. The molecule has 0 spiro atoms. The number of carbonyl (C=O) groups excluding carboxylic acids is 3. The Kier molecular flexibility index (Phi) is 7.62. The number of unbranched alkanes of at least 4 members (excludes halogenated alkanes) is 1. The molecule has 0 amide bonds. The lowest BCUT2D eigenvalue weighted by atomic mass is 10.1. The van der Waals surface area contributed by atoms with Crippen LogP contribution in [-0.2, 0) is 9.53 Å². The Morgan fingerprint density at radius 1 is 1.24 bits per heavy atom. The number of ketones is 2. The minimum atomic E-state index is -0.338. The first-order chi connectivity index (χ1) is 11.9. The van der Waals surface area contributed by atoms with E-state index in [-0.39, 0.29) is 24.1 Å². The molecule has 138 valence electrons. The van der Waals surface area contributed by atoms with E-state index in [2.05, 4.69) is 4.98 Å². The van der Waals surface area contributed by atoms with Gasteiger partial charge in [0.2, 0.25) is 5.78 Å². The van der Waals surface area contributed by atoms with Crippen LogP contribution in [0.4, 0.5) is 0 Å². The van der Waals surface area contributed by atoms with Crippen molar-refractivity contribution in [2.24, 2.45) is 0 Å². The van der Waals surface area contributed by atoms with Crippen molar-refractivity contribution >= 4 is 39.1 Å². The van der Waals surface area contributed by atoms with E-state index < -0.39 is 0 Å². The van der Waals surface area contributed by atoms with Crippen LogP contribution in [0.15, 0.2) is 0 Å². The zero-order valence-corrected chi connectivity index (χ0v) is 16.6. The first-order valence-electron chi connectivity index (χ1n) is 8.57. The summed E-state index contributed by atoms with van der Waals surface area (Å²) in [7, 11) is 3.87. The summed E-state index contributed by atoms with van der Waals surface area (Å²) in [6.07, 6.45) is 4.55. The maximum Gasteiger partial charge on any atom is 0.306 e. The molecule has 2 rings (SSSR count). The molecule has 1 atom stereocenters. The predicted octanol–water partition coefficient (Wildman–Crippen LogP) is 4.27. The quantitative estimate of drug-likeness (QED) is 0.297. The highest BCUT2D eigenvalue weighted by Crippen LogP contribution is 2.39. The summed E-state index contributed by atoms with van der Waals surface area (Å²) in [5.41, 5.74) is 2.18. The van der Waals surface area contributed by atoms with Crippen molar-refractivity contribution in [1.29, 1.82) is 0 Å². The van der Waals surface area contributed by atoms with E-state index in [1.54, 1.807) is 13.8 Å². The van der Waals surface area contributed by atoms with Gasteiger partial charge in [-0.1, -0.05) is 28.0 Å². The number of esters is 1. The Bertz CT molecular complexity index is 648. The Balaban J connectivity index is 1.73. The molecule has 5 nitrogen and oxygen atoms in total. The number of hydrogen-bond acceptors (Lipinski definition) is 6. The fourth-order valence-electron chi connectivity index (χ4n) is 3.05. The number of H-pyrrole nitrogens is 1. The first kappa shape index (κ1) is 20.1. The van der Waals surface area contributed by atoms with Gasteiger partial charge in [-0.2, -0.15) is 0 Å². The number of carbonyl (C=O) groups is 3. The molecular weight excluding hydrogens is 358 g/mol. The van der Waals surface area contributed by atoms with Gasteiger partial charge in [0.25, 0.3) is 0 Å². The van der Waals surface area contributed by atoms with Crippen LogP contribution in [0.5, 0.6) is 0 Å². The highest BCUT2D eigenvalue weighted by Gasteiger charge is 2.21. The molecule has 2 heterocycles. The molecule has 1 N–H and O–H groups in total. The van der Waals surface area contributed by atoms with Crippen molar-refractivity contribution in [3.05, 3.63) is 22.5 Å². The third-order valence-corrected chi connectivity index (χ3v) is 7.32. The van der Waals surface area contributed by atoms with Crippen molar-refractivity contribution < 1.29 is 19.1 Å². The van der Waals surface area contributed by atoms with E-state index in [1.807, 2.05) is 21.6 Å². The number of aromatic nitrogens is 1. The maximum absolute atomic E-state index is 12.2. The third-order valence-electron chi connectivity index (χ3n) is 4.32. The van der Waals surface area contributed by atoms with E-state index in [4.69, 9.17) is 4.74 Å². The number of nitrogens with one attached hydrogen (secondary N) is 1. The summed E-state index contributed by atoms with van der Waals surface area (Å²) in [4.78, 5) is 38.6. The molecule has 0 bridgehead atoms. The Morgan fingerprint density at radius 2 is 2.00 bits per heavy atom. The highest BCUT2D eigenvalue weighted by molar-refractivity contribution is 8.77. The largest absolute Gasteiger partial charge is 0.457 e. The van der Waals surface area contributed by atoms with Gasteiger partial charge in [-0.15, -0.1) is 0 Å². The lowest BCUT2D eigenvalue weighted by Crippen LogP contribution is -2.15. The Hall–Kier alpha value is -1.21. The highest BCUT2D eigenvalue weighted by atomic mass is 33.1. The van der Waals surface area contributed by atoms with Gasteiger partial charge in [0.05, 0.1) is 5.69 Å². The molecule has 1 aromatic heterocycles. The zero-order chi connectivity index (χ0) is 18.4. The van der Waals surface area contributed by atoms with Crippen molar-refractivity contribution in [1.82, 2.24) is 4.98 Å². The van der Waals surface area contributed by atoms with Gasteiger partial charge in [-0.25, -0.2) is 0 Å². The van der Waals surface area contributed by atoms with E-state index >= 15 is 0 Å². The van der Waals surface area contributed by atoms with Crippen LogP contribution in [0.25, 0.3) is 0 Å². The average molecular weight is 384 g/mol. The number of aromatic amines is 1. The van der Waals surface area contributed by atoms with Crippen LogP contribution in [0, 0.1) is 13.8 Å². The fourth-order valence-corrected chi connectivity index (χ4v) is 6.08. The molecule has 7 heteroatoms. The number of hydrogen-bond donors (Lipinski definition) is 1. The maximum atomic E-state index is 12.2. The number of aryl methyl sites for hydroxylation is 1. The van der Waals surface area contributed by atoms with Crippen LogP contribution >= 0.6 is 21.6 Å². The van der Waals surface area contributed by atoms with Crippen LogP contribution < -0.4 is 0 Å². The van der Waals surface area contributed by atoms with Gasteiger partial charge in [-0.05, 0) is 45.6 Å². The smallest absolute Gasteiger partial charge is 0.306 e. The second-order valence-electron chi connectivity index (χ2n) is 6.34. The van der Waals surface area contributed by atoms with E-state index in [0.29, 0.717) is 28.9 Å². The van der Waals surface area contributed by atoms with Crippen LogP contribution in [0.1, 0.15) is 71.1 Å². The van der Waals surface area contributed by atoms with Gasteiger partial charge < -0.3 is 9.72 Å². The van der Waals surface area contributed by atoms with Crippen molar-refractivity contribution in [2.45, 2.75) is 58.1 Å². The van der Waals surface area contributed by atoms with E-state index in [1.165, 1.54) is 19.1 Å². The third kappa shape index (κ3) is 5.64. The summed E-state index contributed by atoms with van der Waals surface area (Å²) in [5, 5.41) is 0.720. The molecular formula is C18H25NO4S2. The summed E-state index contributed by atoms with van der Waals surface area (Å²) in [6, 6.07) is 0. The van der Waals surface area contributed by atoms with Crippen molar-refractivity contribution in [2.75, 3.05) is 12.4 Å². The monoisotopic (exact) mass is 383 g/mol. The normalized spacial score (nSPS) is 16.8. The standard InChI is InChI=1S/C18H25NO4S2/c1-11-17(13(3)20)12(2)19-18(11)15(21)10-23-16(22)7-5-4-6-14-8-9-24-25-14/h14,19H,4-10H2,1-3H3/t14-/m0/s1. The van der Waals surface area contributed by atoms with Gasteiger partial charge >= 0.3 is 5.97 Å². The second-order valence-corrected chi connectivity index (χ2v) is 9.13. The molecule has 1 aromatic rings. The molecule has 1 fully saturated rings. The lowest BCUT2D eigenvalue weighted by Gasteiger charge is -2.07. The topological polar surface area (TPSA) is 76.2 Å². The molecule has 25 heavy (non-hydrogen) atoms. The van der Waals surface area contributed by atoms with Crippen LogP contribution in [-0.4, -0.2) is 40.1 Å². The van der Waals surface area contributed by atoms with Gasteiger partial charge in [0.1, 0.15) is 0 Å². The molecule has 0 unspecified atom stereocenters. The Morgan fingerprint density at radius 3 is 2.60 bits per heavy atom. The molecule has 1 aliphatic rings. The van der Waals surface area contributed by atoms with Crippen molar-refractivity contribution in [3.8, 4) is 0 Å². The predicted molar refractivity (Wildman–Crippen MR) is 102 cm³/mol. The van der Waals surface area contributed by atoms with Gasteiger partial charge in [0.15, 0.2) is 12.4 Å². The molecule has 0 radical (unpaired) electrons. The van der Waals surface area contributed by atoms with Crippen molar-refractivity contribution in [3.63, 3.8) is 0 Å². The minimum absolute atomic E-state index is 0.0823. The van der Waals surface area contributed by atoms with Crippen LogP contribution in [0.2, 0.25) is 0 Å². The first-order valence-corrected chi connectivity index (χ1v) is 11.0. The summed E-state index contributed by atoms with van der Waals surface area (Å²) in [5.74, 6) is 0.499. The summed E-state index contributed by atoms with van der Waals surface area (Å²) in [6.45, 7) is 4.68.